The number of nitrogens with zero attached hydrogens (tertiary/aromatic N) is 4. The number of amides is 1. The summed E-state index contributed by atoms with van der Waals surface area (Å²) in [5, 5.41) is 3.34. The number of methoxy groups -OCH3 is 1. The van der Waals surface area contributed by atoms with Crippen molar-refractivity contribution in [3.8, 4) is 0 Å². The Balaban J connectivity index is 1.48. The summed E-state index contributed by atoms with van der Waals surface area (Å²) in [7, 11) is 1.74. The number of fused-ring (bicyclic) bond motifs is 1. The van der Waals surface area contributed by atoms with Crippen LogP contribution in [0, 0.1) is 5.92 Å². The molecule has 1 amide bonds. The number of carbonyl (C=O) groups excluding carboxylic acids is 1. The van der Waals surface area contributed by atoms with Crippen LogP contribution in [0.4, 0.5) is 17.3 Å². The van der Waals surface area contributed by atoms with Crippen LogP contribution in [0.1, 0.15) is 38.4 Å². The number of piperazine rings is 1. The van der Waals surface area contributed by atoms with Crippen molar-refractivity contribution in [2.45, 2.75) is 33.6 Å². The molecule has 1 aromatic carbocycles. The van der Waals surface area contributed by atoms with Crippen LogP contribution in [-0.2, 0) is 16.0 Å². The first-order valence-corrected chi connectivity index (χ1v) is 11.0. The molecule has 2 heterocycles. The lowest BCUT2D eigenvalue weighted by Gasteiger charge is -2.35. The van der Waals surface area contributed by atoms with Gasteiger partial charge in [0.05, 0.1) is 12.8 Å². The molecule has 7 nitrogen and oxygen atoms in total. The minimum Gasteiger partial charge on any atom is -0.501 e. The molecule has 7 heteroatoms. The Morgan fingerprint density at radius 1 is 1.10 bits per heavy atom. The zero-order chi connectivity index (χ0) is 22.0. The standard InChI is InChI=1S/C24H31N5O2/c1-16(2)22-21(31-4)10-5-18-15-25-24(27-23(18)22)26-19-6-8-20(9-7-19)29-13-11-28(12-14-29)17(3)30/h6-9,15-16H,5,10-14H2,1-4H3,(H,25,26,27). The largest absolute Gasteiger partial charge is 0.501 e. The predicted octanol–water partition coefficient (Wildman–Crippen LogP) is 3.85. The number of hydrogen-bond donors (Lipinski definition) is 1. The van der Waals surface area contributed by atoms with Gasteiger partial charge in [-0.3, -0.25) is 4.79 Å². The predicted molar refractivity (Wildman–Crippen MR) is 123 cm³/mol. The monoisotopic (exact) mass is 421 g/mol. The maximum absolute atomic E-state index is 11.5. The van der Waals surface area contributed by atoms with E-state index in [2.05, 4.69) is 53.3 Å². The molecule has 0 bridgehead atoms. The molecule has 1 aliphatic heterocycles. The number of anilines is 3. The maximum Gasteiger partial charge on any atom is 0.227 e. The molecule has 0 atom stereocenters. The van der Waals surface area contributed by atoms with Crippen LogP contribution in [0.2, 0.25) is 0 Å². The van der Waals surface area contributed by atoms with Crippen LogP contribution in [0.3, 0.4) is 0 Å². The quantitative estimate of drug-likeness (QED) is 0.791. The number of aromatic nitrogens is 2. The average Bonchev–Trinajstić information content (AvgIpc) is 2.78. The molecule has 31 heavy (non-hydrogen) atoms. The normalized spacial score (nSPS) is 16.4. The fourth-order valence-electron chi connectivity index (χ4n) is 4.37. The summed E-state index contributed by atoms with van der Waals surface area (Å²) in [5.74, 6) is 2.11. The van der Waals surface area contributed by atoms with Gasteiger partial charge < -0.3 is 19.9 Å². The molecule has 2 aromatic rings. The summed E-state index contributed by atoms with van der Waals surface area (Å²) in [6.45, 7) is 9.23. The van der Waals surface area contributed by atoms with Gasteiger partial charge in [-0.25, -0.2) is 9.97 Å². The summed E-state index contributed by atoms with van der Waals surface area (Å²) in [6.07, 6.45) is 3.73. The fourth-order valence-corrected chi connectivity index (χ4v) is 4.37. The third-order valence-corrected chi connectivity index (χ3v) is 6.08. The number of hydrogen-bond acceptors (Lipinski definition) is 6. The van der Waals surface area contributed by atoms with Crippen molar-refractivity contribution in [2.75, 3.05) is 43.5 Å². The van der Waals surface area contributed by atoms with Crippen molar-refractivity contribution < 1.29 is 9.53 Å². The lowest BCUT2D eigenvalue weighted by atomic mass is 9.88. The molecule has 4 rings (SSSR count). The number of nitrogens with one attached hydrogen (secondary N) is 1. The van der Waals surface area contributed by atoms with E-state index in [1.165, 1.54) is 11.1 Å². The second kappa shape index (κ2) is 8.96. The Bertz CT molecular complexity index is 976. The second-order valence-corrected chi connectivity index (χ2v) is 8.43. The van der Waals surface area contributed by atoms with Crippen LogP contribution in [0.25, 0.3) is 5.57 Å². The Morgan fingerprint density at radius 2 is 1.81 bits per heavy atom. The van der Waals surface area contributed by atoms with E-state index in [4.69, 9.17) is 9.72 Å². The molecule has 0 unspecified atom stereocenters. The van der Waals surface area contributed by atoms with Crippen molar-refractivity contribution in [2.24, 2.45) is 5.92 Å². The Hall–Kier alpha value is -3.09. The van der Waals surface area contributed by atoms with Gasteiger partial charge in [-0.05, 0) is 42.2 Å². The van der Waals surface area contributed by atoms with Gasteiger partial charge >= 0.3 is 0 Å². The van der Waals surface area contributed by atoms with Crippen molar-refractivity contribution in [3.63, 3.8) is 0 Å². The number of allylic oxidation sites excluding steroid dienone is 2. The molecule has 1 aromatic heterocycles. The van der Waals surface area contributed by atoms with Crippen molar-refractivity contribution in [1.29, 1.82) is 0 Å². The summed E-state index contributed by atoms with van der Waals surface area (Å²) >= 11 is 0. The number of benzene rings is 1. The summed E-state index contributed by atoms with van der Waals surface area (Å²) in [5.41, 5.74) is 5.46. The lowest BCUT2D eigenvalue weighted by molar-refractivity contribution is -0.129. The lowest BCUT2D eigenvalue weighted by Crippen LogP contribution is -2.48. The minimum atomic E-state index is 0.150. The van der Waals surface area contributed by atoms with Gasteiger partial charge in [0.25, 0.3) is 0 Å². The van der Waals surface area contributed by atoms with Crippen LogP contribution >= 0.6 is 0 Å². The first-order valence-electron chi connectivity index (χ1n) is 11.0. The Morgan fingerprint density at radius 3 is 2.42 bits per heavy atom. The van der Waals surface area contributed by atoms with Gasteiger partial charge in [0.2, 0.25) is 11.9 Å². The molecule has 1 fully saturated rings. The first-order chi connectivity index (χ1) is 15.0. The second-order valence-electron chi connectivity index (χ2n) is 8.43. The molecule has 164 valence electrons. The minimum absolute atomic E-state index is 0.150. The first kappa shape index (κ1) is 21.2. The van der Waals surface area contributed by atoms with Crippen molar-refractivity contribution >= 4 is 28.8 Å². The number of carbonyl (C=O) groups is 1. The highest BCUT2D eigenvalue weighted by Crippen LogP contribution is 2.35. The third kappa shape index (κ3) is 4.50. The maximum atomic E-state index is 11.5. The van der Waals surface area contributed by atoms with Crippen molar-refractivity contribution in [1.82, 2.24) is 14.9 Å². The zero-order valence-corrected chi connectivity index (χ0v) is 18.8. The van der Waals surface area contributed by atoms with Gasteiger partial charge in [0.15, 0.2) is 0 Å². The number of ether oxygens (including phenoxy) is 1. The smallest absolute Gasteiger partial charge is 0.227 e. The van der Waals surface area contributed by atoms with Gasteiger partial charge in [-0.15, -0.1) is 0 Å². The molecule has 0 radical (unpaired) electrons. The van der Waals surface area contributed by atoms with E-state index < -0.39 is 0 Å². The topological polar surface area (TPSA) is 70.6 Å². The fraction of sp³-hybridized carbons (Fsp3) is 0.458. The molecule has 0 spiro atoms. The number of aryl methyl sites for hydroxylation is 1. The van der Waals surface area contributed by atoms with Crippen molar-refractivity contribution in [3.05, 3.63) is 47.5 Å². The summed E-state index contributed by atoms with van der Waals surface area (Å²) in [6, 6.07) is 8.31. The van der Waals surface area contributed by atoms with Crippen LogP contribution in [-0.4, -0.2) is 54.1 Å². The van der Waals surface area contributed by atoms with E-state index in [0.29, 0.717) is 11.9 Å². The van der Waals surface area contributed by atoms with Gasteiger partial charge in [-0.1, -0.05) is 13.8 Å². The zero-order valence-electron chi connectivity index (χ0n) is 18.8. The van der Waals surface area contributed by atoms with Crippen LogP contribution < -0.4 is 10.2 Å². The highest BCUT2D eigenvalue weighted by molar-refractivity contribution is 5.74. The summed E-state index contributed by atoms with van der Waals surface area (Å²) in [4.78, 5) is 25.1. The summed E-state index contributed by atoms with van der Waals surface area (Å²) < 4.78 is 5.64. The molecule has 0 saturated carbocycles. The molecular weight excluding hydrogens is 390 g/mol. The van der Waals surface area contributed by atoms with Crippen LogP contribution in [0.5, 0.6) is 0 Å². The van der Waals surface area contributed by atoms with Crippen LogP contribution in [0.15, 0.2) is 36.2 Å². The Labute approximate surface area is 184 Å². The highest BCUT2D eigenvalue weighted by atomic mass is 16.5. The van der Waals surface area contributed by atoms with Gasteiger partial charge in [-0.2, -0.15) is 0 Å². The third-order valence-electron chi connectivity index (χ3n) is 6.08. The molecular formula is C24H31N5O2. The van der Waals surface area contributed by atoms with E-state index in [-0.39, 0.29) is 5.91 Å². The van der Waals surface area contributed by atoms with E-state index in [0.717, 1.165) is 61.8 Å². The molecule has 1 saturated heterocycles. The van der Waals surface area contributed by atoms with E-state index in [1.54, 1.807) is 14.0 Å². The van der Waals surface area contributed by atoms with E-state index in [9.17, 15) is 4.79 Å². The molecule has 1 aliphatic carbocycles. The van der Waals surface area contributed by atoms with E-state index >= 15 is 0 Å². The Kier molecular flexibility index (Phi) is 6.11. The molecule has 2 aliphatic rings. The number of rotatable bonds is 5. The van der Waals surface area contributed by atoms with E-state index in [1.807, 2.05) is 11.1 Å². The van der Waals surface area contributed by atoms with Gasteiger partial charge in [0.1, 0.15) is 5.76 Å². The average molecular weight is 422 g/mol. The highest BCUT2D eigenvalue weighted by Gasteiger charge is 2.24. The molecule has 1 N–H and O–H groups in total. The SMILES string of the molecule is COC1=C(C(C)C)c2nc(Nc3ccc(N4CCN(C(C)=O)CC4)cc3)ncc2CC1. The van der Waals surface area contributed by atoms with Gasteiger partial charge in [0, 0.05) is 62.7 Å².